The molecule has 0 bridgehead atoms. The second kappa shape index (κ2) is 5.66. The van der Waals surface area contributed by atoms with Crippen LogP contribution in [0.2, 0.25) is 5.02 Å². The number of rotatable bonds is 3. The average molecular weight is 275 g/mol. The fourth-order valence-corrected chi connectivity index (χ4v) is 2.28. The quantitative estimate of drug-likeness (QED) is 0.746. The van der Waals surface area contributed by atoms with E-state index in [1.165, 1.54) is 11.1 Å². The lowest BCUT2D eigenvalue weighted by molar-refractivity contribution is 0.303. The van der Waals surface area contributed by atoms with Gasteiger partial charge in [-0.15, -0.1) is 0 Å². The zero-order valence-electron chi connectivity index (χ0n) is 11.6. The van der Waals surface area contributed by atoms with Crippen molar-refractivity contribution in [3.63, 3.8) is 0 Å². The van der Waals surface area contributed by atoms with E-state index in [2.05, 4.69) is 39.0 Å². The topological polar surface area (TPSA) is 9.23 Å². The molecule has 19 heavy (non-hydrogen) atoms. The largest absolute Gasteiger partial charge is 0.489 e. The summed E-state index contributed by atoms with van der Waals surface area (Å²) in [7, 11) is 0. The summed E-state index contributed by atoms with van der Waals surface area (Å²) in [6, 6.07) is 15.9. The van der Waals surface area contributed by atoms with Gasteiger partial charge in [0.15, 0.2) is 0 Å². The molecular formula is C17H19ClO. The lowest BCUT2D eigenvalue weighted by Gasteiger charge is -2.23. The van der Waals surface area contributed by atoms with Crippen molar-refractivity contribution in [3.05, 3.63) is 64.7 Å². The molecule has 0 N–H and O–H groups in total. The van der Waals surface area contributed by atoms with E-state index in [-0.39, 0.29) is 5.41 Å². The molecule has 2 heteroatoms. The van der Waals surface area contributed by atoms with Gasteiger partial charge in [0.1, 0.15) is 12.4 Å². The third-order valence-corrected chi connectivity index (χ3v) is 3.25. The van der Waals surface area contributed by atoms with E-state index in [0.717, 1.165) is 5.75 Å². The highest BCUT2D eigenvalue weighted by Gasteiger charge is 2.17. The van der Waals surface area contributed by atoms with Crippen LogP contribution in [0.5, 0.6) is 5.75 Å². The molecule has 1 nitrogen and oxygen atoms in total. The summed E-state index contributed by atoms with van der Waals surface area (Å²) in [4.78, 5) is 0. The Morgan fingerprint density at radius 3 is 2.42 bits per heavy atom. The predicted octanol–water partition coefficient (Wildman–Crippen LogP) is 5.22. The standard InChI is InChI=1S/C17H19ClO/c1-17(2,3)16-10-5-4-7-13(16)12-19-15-9-6-8-14(18)11-15/h4-11H,12H2,1-3H3. The Labute approximate surface area is 120 Å². The molecule has 0 atom stereocenters. The fraction of sp³-hybridized carbons (Fsp3) is 0.294. The number of hydrogen-bond donors (Lipinski definition) is 0. The van der Waals surface area contributed by atoms with Crippen LogP contribution < -0.4 is 4.74 Å². The molecule has 2 rings (SSSR count). The first-order valence-corrected chi connectivity index (χ1v) is 6.81. The van der Waals surface area contributed by atoms with Crippen molar-refractivity contribution in [3.8, 4) is 5.75 Å². The molecule has 0 heterocycles. The Morgan fingerprint density at radius 1 is 1.00 bits per heavy atom. The molecule has 0 unspecified atom stereocenters. The van der Waals surface area contributed by atoms with Gasteiger partial charge >= 0.3 is 0 Å². The summed E-state index contributed by atoms with van der Waals surface area (Å²) in [5.41, 5.74) is 2.65. The lowest BCUT2D eigenvalue weighted by atomic mass is 9.84. The maximum absolute atomic E-state index is 5.95. The van der Waals surface area contributed by atoms with E-state index in [1.807, 2.05) is 30.3 Å². The smallest absolute Gasteiger partial charge is 0.121 e. The highest BCUT2D eigenvalue weighted by molar-refractivity contribution is 6.30. The van der Waals surface area contributed by atoms with E-state index in [4.69, 9.17) is 16.3 Å². The van der Waals surface area contributed by atoms with Crippen molar-refractivity contribution in [1.82, 2.24) is 0 Å². The Morgan fingerprint density at radius 2 is 1.74 bits per heavy atom. The Kier molecular flexibility index (Phi) is 4.16. The Hall–Kier alpha value is -1.47. The molecule has 0 aliphatic rings. The number of benzene rings is 2. The van der Waals surface area contributed by atoms with Crippen LogP contribution in [0.15, 0.2) is 48.5 Å². The van der Waals surface area contributed by atoms with Crippen molar-refractivity contribution >= 4 is 11.6 Å². The van der Waals surface area contributed by atoms with Crippen LogP contribution in [-0.4, -0.2) is 0 Å². The molecule has 0 amide bonds. The van der Waals surface area contributed by atoms with E-state index < -0.39 is 0 Å². The third kappa shape index (κ3) is 3.74. The van der Waals surface area contributed by atoms with Gasteiger partial charge in [-0.05, 0) is 34.7 Å². The van der Waals surface area contributed by atoms with Crippen LogP contribution in [0, 0.1) is 0 Å². The Balaban J connectivity index is 2.16. The molecule has 0 aliphatic carbocycles. The van der Waals surface area contributed by atoms with E-state index >= 15 is 0 Å². The SMILES string of the molecule is CC(C)(C)c1ccccc1COc1cccc(Cl)c1. The van der Waals surface area contributed by atoms with Gasteiger partial charge in [0.05, 0.1) is 0 Å². The van der Waals surface area contributed by atoms with Gasteiger partial charge in [-0.1, -0.05) is 62.7 Å². The van der Waals surface area contributed by atoms with Gasteiger partial charge in [-0.25, -0.2) is 0 Å². The molecule has 2 aromatic carbocycles. The molecule has 0 saturated carbocycles. The lowest BCUT2D eigenvalue weighted by Crippen LogP contribution is -2.15. The zero-order chi connectivity index (χ0) is 13.9. The van der Waals surface area contributed by atoms with Crippen LogP contribution in [-0.2, 0) is 12.0 Å². The number of halogens is 1. The van der Waals surface area contributed by atoms with Crippen LogP contribution in [0.1, 0.15) is 31.9 Å². The third-order valence-electron chi connectivity index (χ3n) is 3.02. The fourth-order valence-electron chi connectivity index (χ4n) is 2.10. The molecule has 0 aromatic heterocycles. The molecular weight excluding hydrogens is 256 g/mol. The van der Waals surface area contributed by atoms with Crippen molar-refractivity contribution in [2.24, 2.45) is 0 Å². The van der Waals surface area contributed by atoms with E-state index in [0.29, 0.717) is 11.6 Å². The highest BCUT2D eigenvalue weighted by atomic mass is 35.5. The molecule has 0 spiro atoms. The second-order valence-corrected chi connectivity index (χ2v) is 6.09. The van der Waals surface area contributed by atoms with Gasteiger partial charge in [0, 0.05) is 5.02 Å². The minimum atomic E-state index is 0.119. The summed E-state index contributed by atoms with van der Waals surface area (Å²) in [6.45, 7) is 7.20. The monoisotopic (exact) mass is 274 g/mol. The van der Waals surface area contributed by atoms with Crippen LogP contribution in [0.4, 0.5) is 0 Å². The first-order valence-electron chi connectivity index (χ1n) is 6.43. The number of hydrogen-bond acceptors (Lipinski definition) is 1. The van der Waals surface area contributed by atoms with E-state index in [1.54, 1.807) is 0 Å². The molecule has 0 aliphatic heterocycles. The van der Waals surface area contributed by atoms with Gasteiger partial charge in [0.2, 0.25) is 0 Å². The molecule has 0 radical (unpaired) electrons. The van der Waals surface area contributed by atoms with Crippen LogP contribution >= 0.6 is 11.6 Å². The van der Waals surface area contributed by atoms with E-state index in [9.17, 15) is 0 Å². The molecule has 100 valence electrons. The van der Waals surface area contributed by atoms with Crippen molar-refractivity contribution < 1.29 is 4.74 Å². The maximum Gasteiger partial charge on any atom is 0.121 e. The van der Waals surface area contributed by atoms with Gasteiger partial charge < -0.3 is 4.74 Å². The number of ether oxygens (including phenoxy) is 1. The predicted molar refractivity (Wildman–Crippen MR) is 80.9 cm³/mol. The van der Waals surface area contributed by atoms with Crippen molar-refractivity contribution in [2.45, 2.75) is 32.8 Å². The summed E-state index contributed by atoms with van der Waals surface area (Å²) >= 11 is 5.95. The summed E-state index contributed by atoms with van der Waals surface area (Å²) in [5, 5.41) is 0.696. The zero-order valence-corrected chi connectivity index (χ0v) is 12.4. The highest BCUT2D eigenvalue weighted by Crippen LogP contribution is 2.27. The van der Waals surface area contributed by atoms with Crippen LogP contribution in [0.25, 0.3) is 0 Å². The summed E-state index contributed by atoms with van der Waals surface area (Å²) in [5.74, 6) is 0.802. The van der Waals surface area contributed by atoms with Crippen LogP contribution in [0.3, 0.4) is 0 Å². The molecule has 0 fully saturated rings. The maximum atomic E-state index is 5.95. The minimum Gasteiger partial charge on any atom is -0.489 e. The minimum absolute atomic E-state index is 0.119. The van der Waals surface area contributed by atoms with Crippen molar-refractivity contribution in [1.29, 1.82) is 0 Å². The first-order chi connectivity index (χ1) is 8.97. The Bertz CT molecular complexity index is 555. The molecule has 0 saturated heterocycles. The van der Waals surface area contributed by atoms with Gasteiger partial charge in [-0.2, -0.15) is 0 Å². The van der Waals surface area contributed by atoms with Gasteiger partial charge in [-0.3, -0.25) is 0 Å². The van der Waals surface area contributed by atoms with Crippen molar-refractivity contribution in [2.75, 3.05) is 0 Å². The molecule has 2 aromatic rings. The average Bonchev–Trinajstić information content (AvgIpc) is 2.36. The second-order valence-electron chi connectivity index (χ2n) is 5.65. The summed E-state index contributed by atoms with van der Waals surface area (Å²) < 4.78 is 5.82. The van der Waals surface area contributed by atoms with Gasteiger partial charge in [0.25, 0.3) is 0 Å². The summed E-state index contributed by atoms with van der Waals surface area (Å²) in [6.07, 6.45) is 0. The normalized spacial score (nSPS) is 11.4. The first kappa shape index (κ1) is 14.0.